The Morgan fingerprint density at radius 3 is 2.00 bits per heavy atom. The molecule has 2 rings (SSSR count). The molecule has 112 valence electrons. The van der Waals surface area contributed by atoms with Crippen molar-refractivity contribution in [1.82, 2.24) is 5.01 Å². The molecule has 4 N–H and O–H groups in total. The molecule has 2 aromatic rings. The second-order valence-corrected chi connectivity index (χ2v) is 4.19. The van der Waals surface area contributed by atoms with Crippen LogP contribution in [-0.2, 0) is 0 Å². The van der Waals surface area contributed by atoms with E-state index in [2.05, 4.69) is 0 Å². The Kier molecular flexibility index (Phi) is 6.84. The molecule has 0 atom stereocenters. The zero-order valence-corrected chi connectivity index (χ0v) is 12.8. The molecule has 0 radical (unpaired) electrons. The van der Waals surface area contributed by atoms with Gasteiger partial charge in [-0.3, -0.25) is 0 Å². The quantitative estimate of drug-likeness (QED) is 0.666. The molecule has 2 aromatic carbocycles. The normalized spacial score (nSPS) is 10.4. The van der Waals surface area contributed by atoms with Crippen molar-refractivity contribution in [2.45, 2.75) is 13.8 Å². The Hall–Kier alpha value is -2.46. The highest BCUT2D eigenvalue weighted by molar-refractivity contribution is 5.62. The van der Waals surface area contributed by atoms with Crippen LogP contribution in [0.4, 0.5) is 0 Å². The van der Waals surface area contributed by atoms with Crippen molar-refractivity contribution in [3.8, 4) is 11.5 Å². The fourth-order valence-corrected chi connectivity index (χ4v) is 1.63. The smallest absolute Gasteiger partial charge is 0.127 e. The monoisotopic (exact) mass is 285 g/mol. The van der Waals surface area contributed by atoms with Gasteiger partial charge >= 0.3 is 0 Å². The number of hydrogen-bond acceptors (Lipinski definition) is 4. The minimum Gasteiger partial charge on any atom is -0.457 e. The summed E-state index contributed by atoms with van der Waals surface area (Å²) in [6.45, 7) is 4.00. The van der Waals surface area contributed by atoms with E-state index in [1.54, 1.807) is 13.2 Å². The van der Waals surface area contributed by atoms with Crippen LogP contribution in [0.1, 0.15) is 19.4 Å². The molecule has 0 aliphatic carbocycles. The summed E-state index contributed by atoms with van der Waals surface area (Å²) in [6.07, 6.45) is 1.66. The van der Waals surface area contributed by atoms with Crippen molar-refractivity contribution in [2.24, 2.45) is 11.6 Å². The summed E-state index contributed by atoms with van der Waals surface area (Å²) in [5.41, 5.74) is 7.41. The summed E-state index contributed by atoms with van der Waals surface area (Å²) in [4.78, 5) is 0. The molecule has 0 spiro atoms. The van der Waals surface area contributed by atoms with Crippen LogP contribution in [0, 0.1) is 0 Å². The van der Waals surface area contributed by atoms with Gasteiger partial charge in [-0.1, -0.05) is 32.0 Å². The predicted molar refractivity (Wildman–Crippen MR) is 88.4 cm³/mol. The van der Waals surface area contributed by atoms with Gasteiger partial charge in [0.2, 0.25) is 0 Å². The molecule has 0 aliphatic heterocycles. The molecule has 0 heterocycles. The van der Waals surface area contributed by atoms with Gasteiger partial charge < -0.3 is 15.5 Å². The van der Waals surface area contributed by atoms with Crippen LogP contribution in [0.5, 0.6) is 11.5 Å². The molecule has 4 heteroatoms. The zero-order chi connectivity index (χ0) is 15.7. The van der Waals surface area contributed by atoms with Gasteiger partial charge in [0.15, 0.2) is 0 Å². The highest BCUT2D eigenvalue weighted by Gasteiger charge is 2.00. The Bertz CT molecular complexity index is 548. The van der Waals surface area contributed by atoms with Gasteiger partial charge in [-0.05, 0) is 42.0 Å². The average Bonchev–Trinajstić information content (AvgIpc) is 2.50. The van der Waals surface area contributed by atoms with Crippen LogP contribution in [0.3, 0.4) is 0 Å². The number of ether oxygens (including phenoxy) is 1. The molecular weight excluding hydrogens is 262 g/mol. The number of benzene rings is 2. The first-order valence-electron chi connectivity index (χ1n) is 6.93. The van der Waals surface area contributed by atoms with Crippen molar-refractivity contribution in [3.05, 3.63) is 66.4 Å². The predicted octanol–water partition coefficient (Wildman–Crippen LogP) is 3.57. The standard InChI is InChI=1S/C15H17N3O.C2H6/c1-18(17)11-15(16)12-7-9-14(10-8-12)19-13-5-3-2-4-6-13;1-2/h2-11H,16-17H2,1H3;1-2H3/b15-11-;. The molecule has 0 fully saturated rings. The van der Waals surface area contributed by atoms with E-state index in [4.69, 9.17) is 16.3 Å². The number of nitrogens with two attached hydrogens (primary N) is 2. The van der Waals surface area contributed by atoms with Crippen LogP contribution in [0.25, 0.3) is 5.70 Å². The third-order valence-corrected chi connectivity index (χ3v) is 2.51. The summed E-state index contributed by atoms with van der Waals surface area (Å²) < 4.78 is 5.70. The van der Waals surface area contributed by atoms with Gasteiger partial charge in [0.1, 0.15) is 11.5 Å². The molecule has 0 aromatic heterocycles. The molecule has 0 bridgehead atoms. The van der Waals surface area contributed by atoms with Gasteiger partial charge in [-0.25, -0.2) is 5.84 Å². The van der Waals surface area contributed by atoms with E-state index in [-0.39, 0.29) is 0 Å². The lowest BCUT2D eigenvalue weighted by Gasteiger charge is -2.09. The highest BCUT2D eigenvalue weighted by Crippen LogP contribution is 2.22. The lowest BCUT2D eigenvalue weighted by molar-refractivity contribution is 0.482. The van der Waals surface area contributed by atoms with Crippen molar-refractivity contribution < 1.29 is 4.74 Å². The van der Waals surface area contributed by atoms with E-state index >= 15 is 0 Å². The Labute approximate surface area is 126 Å². The van der Waals surface area contributed by atoms with Crippen LogP contribution >= 0.6 is 0 Å². The van der Waals surface area contributed by atoms with E-state index in [0.717, 1.165) is 17.1 Å². The number of para-hydroxylation sites is 1. The van der Waals surface area contributed by atoms with Gasteiger partial charge in [0, 0.05) is 13.2 Å². The largest absolute Gasteiger partial charge is 0.457 e. The minimum absolute atomic E-state index is 0.608. The van der Waals surface area contributed by atoms with E-state index in [1.807, 2.05) is 68.4 Å². The van der Waals surface area contributed by atoms with Crippen LogP contribution in [0.15, 0.2) is 60.8 Å². The first kappa shape index (κ1) is 16.6. The SMILES string of the molecule is CC.CN(N)/C=C(\N)c1ccc(Oc2ccccc2)cc1. The topological polar surface area (TPSA) is 64.5 Å². The average molecular weight is 285 g/mol. The summed E-state index contributed by atoms with van der Waals surface area (Å²) in [5, 5.41) is 1.42. The maximum Gasteiger partial charge on any atom is 0.127 e. The fourth-order valence-electron chi connectivity index (χ4n) is 1.63. The second-order valence-electron chi connectivity index (χ2n) is 4.19. The van der Waals surface area contributed by atoms with E-state index in [0.29, 0.717) is 5.70 Å². The molecule has 0 aliphatic rings. The second kappa shape index (κ2) is 8.66. The van der Waals surface area contributed by atoms with Crippen molar-refractivity contribution in [3.63, 3.8) is 0 Å². The Balaban J connectivity index is 0.00000106. The molecule has 0 saturated carbocycles. The summed E-state index contributed by atoms with van der Waals surface area (Å²) >= 11 is 0. The number of rotatable bonds is 4. The lowest BCUT2D eigenvalue weighted by Crippen LogP contribution is -2.20. The Morgan fingerprint density at radius 2 is 1.48 bits per heavy atom. The van der Waals surface area contributed by atoms with Crippen molar-refractivity contribution >= 4 is 5.70 Å². The molecule has 0 saturated heterocycles. The van der Waals surface area contributed by atoms with Crippen molar-refractivity contribution in [1.29, 1.82) is 0 Å². The maximum absolute atomic E-state index is 5.90. The van der Waals surface area contributed by atoms with Gasteiger partial charge in [0.05, 0.1) is 5.70 Å². The first-order valence-corrected chi connectivity index (χ1v) is 6.93. The van der Waals surface area contributed by atoms with Crippen LogP contribution in [-0.4, -0.2) is 12.1 Å². The van der Waals surface area contributed by atoms with E-state index in [9.17, 15) is 0 Å². The number of nitrogens with zero attached hydrogens (tertiary/aromatic N) is 1. The van der Waals surface area contributed by atoms with Gasteiger partial charge in [-0.15, -0.1) is 0 Å². The summed E-state index contributed by atoms with van der Waals surface area (Å²) in [5.74, 6) is 7.09. The van der Waals surface area contributed by atoms with Gasteiger partial charge in [-0.2, -0.15) is 0 Å². The minimum atomic E-state index is 0.608. The fraction of sp³-hybridized carbons (Fsp3) is 0.176. The number of hydrogen-bond donors (Lipinski definition) is 2. The van der Waals surface area contributed by atoms with E-state index < -0.39 is 0 Å². The highest BCUT2D eigenvalue weighted by atomic mass is 16.5. The Morgan fingerprint density at radius 1 is 0.952 bits per heavy atom. The molecule has 0 amide bonds. The maximum atomic E-state index is 5.90. The van der Waals surface area contributed by atoms with Crippen LogP contribution in [0.2, 0.25) is 0 Å². The third kappa shape index (κ3) is 5.58. The first-order chi connectivity index (χ1) is 10.1. The van der Waals surface area contributed by atoms with Gasteiger partial charge in [0.25, 0.3) is 0 Å². The number of hydrazine groups is 1. The zero-order valence-electron chi connectivity index (χ0n) is 12.8. The third-order valence-electron chi connectivity index (χ3n) is 2.51. The molecule has 4 nitrogen and oxygen atoms in total. The summed E-state index contributed by atoms with van der Waals surface area (Å²) in [6, 6.07) is 17.2. The van der Waals surface area contributed by atoms with Crippen LogP contribution < -0.4 is 16.3 Å². The molecular formula is C17H23N3O. The van der Waals surface area contributed by atoms with Crippen molar-refractivity contribution in [2.75, 3.05) is 7.05 Å². The molecule has 21 heavy (non-hydrogen) atoms. The summed E-state index contributed by atoms with van der Waals surface area (Å²) in [7, 11) is 1.72. The molecule has 0 unspecified atom stereocenters. The lowest BCUT2D eigenvalue weighted by atomic mass is 10.1. The van der Waals surface area contributed by atoms with E-state index in [1.165, 1.54) is 5.01 Å².